The van der Waals surface area contributed by atoms with Gasteiger partial charge >= 0.3 is 10.1 Å². The summed E-state index contributed by atoms with van der Waals surface area (Å²) in [4.78, 5) is 0.247. The Morgan fingerprint density at radius 1 is 0.968 bits per heavy atom. The number of aryl methyl sites for hydroxylation is 2. The number of unbranched alkanes of at least 4 members (excludes halogenated alkanes) is 2. The third-order valence-electron chi connectivity index (χ3n) is 5.60. The molecule has 0 saturated carbocycles. The summed E-state index contributed by atoms with van der Waals surface area (Å²) in [6.07, 6.45) is 9.00. The summed E-state index contributed by atoms with van der Waals surface area (Å²) in [7, 11) is -3.73. The summed E-state index contributed by atoms with van der Waals surface area (Å²) >= 11 is -0.598. The van der Waals surface area contributed by atoms with Crippen molar-refractivity contribution in [2.24, 2.45) is 0 Å². The molecule has 1 aliphatic rings. The van der Waals surface area contributed by atoms with Crippen LogP contribution in [-0.4, -0.2) is 32.6 Å². The molecule has 0 aliphatic carbocycles. The van der Waals surface area contributed by atoms with E-state index < -0.39 is 21.3 Å². The summed E-state index contributed by atoms with van der Waals surface area (Å²) in [5, 5.41) is 0. The molecule has 0 bridgehead atoms. The van der Waals surface area contributed by atoms with Crippen LogP contribution < -0.4 is 0 Å². The Balaban J connectivity index is 1.51. The maximum atomic E-state index is 12.8. The van der Waals surface area contributed by atoms with Gasteiger partial charge < -0.3 is 4.74 Å². The molecule has 0 aromatic heterocycles. The van der Waals surface area contributed by atoms with Gasteiger partial charge in [0.1, 0.15) is 11.5 Å². The van der Waals surface area contributed by atoms with Gasteiger partial charge in [0, 0.05) is 6.61 Å². The standard InChI is InChI=1S/C25H35O4S2/c1-22-15-17-25(18-16-22)31(26,27)29-30(21-9-12-23-10-4-2-5-11-23)20-7-3-6-13-24-14-8-19-28-24/h2,4-5,10-11,15-18,24H,3,6-9,12-14,19-21H2,1H3/q+1. The second kappa shape index (κ2) is 12.6. The molecule has 0 spiro atoms. The maximum Gasteiger partial charge on any atom is 0.339 e. The van der Waals surface area contributed by atoms with Gasteiger partial charge in [-0.25, -0.2) is 0 Å². The minimum Gasteiger partial charge on any atom is -0.378 e. The predicted molar refractivity (Wildman–Crippen MR) is 129 cm³/mol. The largest absolute Gasteiger partial charge is 0.378 e. The number of rotatable bonds is 13. The first-order chi connectivity index (χ1) is 15.0. The van der Waals surface area contributed by atoms with Crippen LogP contribution in [0.4, 0.5) is 0 Å². The van der Waals surface area contributed by atoms with Crippen molar-refractivity contribution in [2.75, 3.05) is 18.1 Å². The molecule has 1 fully saturated rings. The second-order valence-corrected chi connectivity index (χ2v) is 11.9. The number of ether oxygens (including phenoxy) is 1. The third-order valence-corrected chi connectivity index (χ3v) is 9.42. The van der Waals surface area contributed by atoms with Crippen LogP contribution in [0.5, 0.6) is 0 Å². The zero-order valence-electron chi connectivity index (χ0n) is 18.5. The van der Waals surface area contributed by atoms with Gasteiger partial charge in [-0.1, -0.05) is 54.4 Å². The molecular formula is C25H35O4S2+. The van der Waals surface area contributed by atoms with E-state index in [2.05, 4.69) is 12.1 Å². The Hall–Kier alpha value is -1.34. The van der Waals surface area contributed by atoms with E-state index in [9.17, 15) is 8.42 Å². The number of benzene rings is 2. The lowest BCUT2D eigenvalue weighted by Crippen LogP contribution is -2.21. The maximum absolute atomic E-state index is 12.8. The molecule has 170 valence electrons. The van der Waals surface area contributed by atoms with E-state index >= 15 is 0 Å². The van der Waals surface area contributed by atoms with Crippen molar-refractivity contribution in [3.8, 4) is 0 Å². The normalized spacial score (nSPS) is 17.6. The van der Waals surface area contributed by atoms with Gasteiger partial charge in [0.05, 0.1) is 11.0 Å². The van der Waals surface area contributed by atoms with Gasteiger partial charge in [0.15, 0.2) is 11.2 Å². The Kier molecular flexibility index (Phi) is 9.91. The fourth-order valence-corrected chi connectivity index (χ4v) is 7.34. The molecular weight excluding hydrogens is 428 g/mol. The van der Waals surface area contributed by atoms with Crippen molar-refractivity contribution in [3.63, 3.8) is 0 Å². The Morgan fingerprint density at radius 3 is 2.42 bits per heavy atom. The predicted octanol–water partition coefficient (Wildman–Crippen LogP) is 5.61. The lowest BCUT2D eigenvalue weighted by atomic mass is 10.1. The molecule has 2 unspecified atom stereocenters. The van der Waals surface area contributed by atoms with Crippen LogP contribution in [0, 0.1) is 6.92 Å². The molecule has 4 nitrogen and oxygen atoms in total. The quantitative estimate of drug-likeness (QED) is 0.286. The van der Waals surface area contributed by atoms with Crippen LogP contribution in [-0.2, 0) is 36.1 Å². The van der Waals surface area contributed by atoms with Gasteiger partial charge in [0.25, 0.3) is 0 Å². The minimum atomic E-state index is -3.73. The summed E-state index contributed by atoms with van der Waals surface area (Å²) in [6.45, 7) is 2.85. The SMILES string of the molecule is Cc1ccc(S(=O)(=O)O[S+](CCCCCC2CCCO2)CCCc2ccccc2)cc1. The minimum absolute atomic E-state index is 0.247. The molecule has 1 heterocycles. The molecule has 6 heteroatoms. The van der Waals surface area contributed by atoms with E-state index in [0.717, 1.165) is 62.2 Å². The topological polar surface area (TPSA) is 52.6 Å². The smallest absolute Gasteiger partial charge is 0.339 e. The van der Waals surface area contributed by atoms with Gasteiger partial charge in [-0.2, -0.15) is 8.42 Å². The third kappa shape index (κ3) is 8.60. The highest BCUT2D eigenvalue weighted by Crippen LogP contribution is 2.21. The van der Waals surface area contributed by atoms with Crippen LogP contribution in [0.25, 0.3) is 0 Å². The molecule has 3 rings (SSSR count). The molecule has 1 aliphatic heterocycles. The molecule has 2 aromatic rings. The monoisotopic (exact) mass is 463 g/mol. The fraction of sp³-hybridized carbons (Fsp3) is 0.520. The summed E-state index contributed by atoms with van der Waals surface area (Å²) in [6, 6.07) is 17.2. The average Bonchev–Trinajstić information content (AvgIpc) is 3.28. The van der Waals surface area contributed by atoms with E-state index in [0.29, 0.717) is 6.10 Å². The van der Waals surface area contributed by atoms with Crippen LogP contribution in [0.2, 0.25) is 0 Å². The molecule has 0 amide bonds. The number of hydrogen-bond acceptors (Lipinski definition) is 4. The first-order valence-electron chi connectivity index (χ1n) is 11.4. The summed E-state index contributed by atoms with van der Waals surface area (Å²) in [5.41, 5.74) is 2.32. The average molecular weight is 464 g/mol. The highest BCUT2D eigenvalue weighted by atomic mass is 32.3. The first-order valence-corrected chi connectivity index (χ1v) is 14.3. The van der Waals surface area contributed by atoms with Crippen molar-refractivity contribution in [1.82, 2.24) is 0 Å². The lowest BCUT2D eigenvalue weighted by Gasteiger charge is -2.10. The van der Waals surface area contributed by atoms with Crippen LogP contribution in [0.3, 0.4) is 0 Å². The zero-order chi connectivity index (χ0) is 21.9. The van der Waals surface area contributed by atoms with E-state index in [4.69, 9.17) is 8.37 Å². The highest BCUT2D eigenvalue weighted by molar-refractivity contribution is 8.02. The van der Waals surface area contributed by atoms with Gasteiger partial charge in [0.2, 0.25) is 0 Å². The van der Waals surface area contributed by atoms with Crippen molar-refractivity contribution in [1.29, 1.82) is 0 Å². The van der Waals surface area contributed by atoms with Crippen molar-refractivity contribution < 1.29 is 16.8 Å². The van der Waals surface area contributed by atoms with Crippen LogP contribution in [0.15, 0.2) is 59.5 Å². The van der Waals surface area contributed by atoms with E-state index in [-0.39, 0.29) is 4.90 Å². The van der Waals surface area contributed by atoms with Gasteiger partial charge in [-0.3, -0.25) is 0 Å². The van der Waals surface area contributed by atoms with E-state index in [1.54, 1.807) is 12.1 Å². The Bertz CT molecular complexity index is 860. The molecule has 31 heavy (non-hydrogen) atoms. The van der Waals surface area contributed by atoms with E-state index in [1.807, 2.05) is 37.3 Å². The fourth-order valence-electron chi connectivity index (χ4n) is 3.81. The summed E-state index contributed by atoms with van der Waals surface area (Å²) in [5.74, 6) is 1.57. The van der Waals surface area contributed by atoms with E-state index in [1.165, 1.54) is 18.4 Å². The summed E-state index contributed by atoms with van der Waals surface area (Å²) < 4.78 is 37.1. The zero-order valence-corrected chi connectivity index (χ0v) is 20.1. The van der Waals surface area contributed by atoms with Crippen LogP contribution in [0.1, 0.15) is 56.1 Å². The van der Waals surface area contributed by atoms with Gasteiger partial charge in [-0.05, 0) is 73.2 Å². The Labute approximate surface area is 191 Å². The van der Waals surface area contributed by atoms with Crippen molar-refractivity contribution >= 4 is 21.3 Å². The molecule has 0 N–H and O–H groups in total. The molecule has 2 aromatic carbocycles. The molecule has 2 atom stereocenters. The van der Waals surface area contributed by atoms with Gasteiger partial charge in [-0.15, -0.1) is 0 Å². The van der Waals surface area contributed by atoms with Crippen molar-refractivity contribution in [2.45, 2.75) is 69.3 Å². The second-order valence-electron chi connectivity index (χ2n) is 8.26. The van der Waals surface area contributed by atoms with Crippen molar-refractivity contribution in [3.05, 3.63) is 65.7 Å². The molecule has 0 radical (unpaired) electrons. The first kappa shape index (κ1) is 24.3. The molecule has 1 saturated heterocycles. The Morgan fingerprint density at radius 2 is 1.71 bits per heavy atom. The van der Waals surface area contributed by atoms with Crippen LogP contribution >= 0.6 is 0 Å². The number of hydrogen-bond donors (Lipinski definition) is 0. The lowest BCUT2D eigenvalue weighted by molar-refractivity contribution is 0.102. The highest BCUT2D eigenvalue weighted by Gasteiger charge is 2.30.